The molecule has 0 unspecified atom stereocenters. The van der Waals surface area contributed by atoms with Gasteiger partial charge in [0, 0.05) is 12.2 Å². The number of carbonyl (C=O) groups is 1. The number of rotatable bonds is 3. The minimum absolute atomic E-state index is 0.0164. The van der Waals surface area contributed by atoms with Crippen molar-refractivity contribution in [2.45, 2.75) is 41.5 Å². The highest BCUT2D eigenvalue weighted by Crippen LogP contribution is 2.67. The van der Waals surface area contributed by atoms with E-state index in [0.29, 0.717) is 22.3 Å². The van der Waals surface area contributed by atoms with E-state index in [0.717, 1.165) is 17.9 Å². The fraction of sp³-hybridized carbons (Fsp3) is 0.714. The molecule has 0 bridgehead atoms. The molecule has 1 aliphatic rings. The third-order valence-electron chi connectivity index (χ3n) is 5.14. The molecule has 100 valence electrons. The van der Waals surface area contributed by atoms with Crippen LogP contribution in [0.1, 0.15) is 49.4 Å². The second kappa shape index (κ2) is 3.84. The van der Waals surface area contributed by atoms with Crippen molar-refractivity contribution in [3.8, 4) is 0 Å². The van der Waals surface area contributed by atoms with Crippen LogP contribution in [0.25, 0.3) is 0 Å². The van der Waals surface area contributed by atoms with E-state index >= 15 is 0 Å². The fourth-order valence-electron chi connectivity index (χ4n) is 3.01. The number of carbonyl (C=O) groups excluding carboxylic acids is 1. The number of H-pyrrole nitrogens is 1. The van der Waals surface area contributed by atoms with Crippen molar-refractivity contribution in [1.82, 2.24) is 15.5 Å². The molecular formula is C14H23N3O. The molecule has 0 aliphatic heterocycles. The molecule has 2 rings (SSSR count). The standard InChI is InChI=1S/C14H23N3O/c1-8-11(9(2)17-16-8)12(18)15-7-10-13(3,4)14(10,5)6/h10H,7H2,1-6H3,(H,15,18)(H,16,17). The molecule has 0 saturated heterocycles. The zero-order valence-corrected chi connectivity index (χ0v) is 12.1. The van der Waals surface area contributed by atoms with Gasteiger partial charge in [-0.15, -0.1) is 0 Å². The molecule has 4 nitrogen and oxygen atoms in total. The maximum Gasteiger partial charge on any atom is 0.255 e. The second-order valence-corrected chi connectivity index (χ2v) is 6.52. The van der Waals surface area contributed by atoms with Gasteiger partial charge in [0.1, 0.15) is 0 Å². The summed E-state index contributed by atoms with van der Waals surface area (Å²) in [5.41, 5.74) is 2.89. The molecule has 1 aromatic rings. The van der Waals surface area contributed by atoms with E-state index in [4.69, 9.17) is 0 Å². The Morgan fingerprint density at radius 3 is 2.22 bits per heavy atom. The zero-order valence-electron chi connectivity index (χ0n) is 12.1. The number of aromatic amines is 1. The van der Waals surface area contributed by atoms with Crippen LogP contribution in [0.3, 0.4) is 0 Å². The summed E-state index contributed by atoms with van der Waals surface area (Å²) in [5.74, 6) is 0.527. The van der Waals surface area contributed by atoms with Gasteiger partial charge >= 0.3 is 0 Å². The Kier molecular flexibility index (Phi) is 2.80. The van der Waals surface area contributed by atoms with Gasteiger partial charge in [-0.05, 0) is 30.6 Å². The fourth-order valence-corrected chi connectivity index (χ4v) is 3.01. The molecule has 1 heterocycles. The maximum atomic E-state index is 12.1. The van der Waals surface area contributed by atoms with Crippen LogP contribution in [-0.2, 0) is 0 Å². The lowest BCUT2D eigenvalue weighted by Crippen LogP contribution is -2.28. The van der Waals surface area contributed by atoms with E-state index in [-0.39, 0.29) is 5.91 Å². The maximum absolute atomic E-state index is 12.1. The van der Waals surface area contributed by atoms with Gasteiger partial charge in [-0.3, -0.25) is 9.89 Å². The van der Waals surface area contributed by atoms with Crippen LogP contribution in [0.4, 0.5) is 0 Å². The Morgan fingerprint density at radius 2 is 1.83 bits per heavy atom. The molecule has 0 radical (unpaired) electrons. The van der Waals surface area contributed by atoms with Gasteiger partial charge in [-0.2, -0.15) is 5.10 Å². The number of amides is 1. The molecule has 1 amide bonds. The predicted octanol–water partition coefficient (Wildman–Crippen LogP) is 2.44. The van der Waals surface area contributed by atoms with Crippen LogP contribution in [0.5, 0.6) is 0 Å². The number of hydrogen-bond donors (Lipinski definition) is 2. The molecule has 0 aromatic carbocycles. The Balaban J connectivity index is 1.99. The molecule has 1 aliphatic carbocycles. The molecule has 0 atom stereocenters. The van der Waals surface area contributed by atoms with Gasteiger partial charge in [-0.25, -0.2) is 0 Å². The average molecular weight is 249 g/mol. The lowest BCUT2D eigenvalue weighted by atomic mass is 10.0. The Hall–Kier alpha value is -1.32. The van der Waals surface area contributed by atoms with E-state index < -0.39 is 0 Å². The highest BCUT2D eigenvalue weighted by Gasteiger charge is 2.64. The number of aryl methyl sites for hydroxylation is 2. The van der Waals surface area contributed by atoms with E-state index in [1.54, 1.807) is 0 Å². The summed E-state index contributed by atoms with van der Waals surface area (Å²) in [4.78, 5) is 12.1. The van der Waals surface area contributed by atoms with E-state index in [1.165, 1.54) is 0 Å². The number of nitrogens with one attached hydrogen (secondary N) is 2. The van der Waals surface area contributed by atoms with Crippen LogP contribution in [0.2, 0.25) is 0 Å². The van der Waals surface area contributed by atoms with Gasteiger partial charge in [0.05, 0.1) is 11.3 Å². The first-order valence-corrected chi connectivity index (χ1v) is 6.49. The SMILES string of the molecule is Cc1n[nH]c(C)c1C(=O)NCC1C(C)(C)C1(C)C. The first-order chi connectivity index (χ1) is 8.19. The summed E-state index contributed by atoms with van der Waals surface area (Å²) in [6.45, 7) is 13.5. The monoisotopic (exact) mass is 249 g/mol. The van der Waals surface area contributed by atoms with E-state index in [2.05, 4.69) is 43.2 Å². The van der Waals surface area contributed by atoms with Crippen LogP contribution in [0.15, 0.2) is 0 Å². The van der Waals surface area contributed by atoms with Gasteiger partial charge < -0.3 is 5.32 Å². The van der Waals surface area contributed by atoms with E-state index in [9.17, 15) is 4.79 Å². The summed E-state index contributed by atoms with van der Waals surface area (Å²) in [6.07, 6.45) is 0. The van der Waals surface area contributed by atoms with E-state index in [1.807, 2.05) is 13.8 Å². The zero-order chi connectivity index (χ0) is 13.7. The third kappa shape index (κ3) is 1.74. The minimum atomic E-state index is -0.0164. The number of aromatic nitrogens is 2. The molecule has 1 fully saturated rings. The summed E-state index contributed by atoms with van der Waals surface area (Å²) in [7, 11) is 0. The van der Waals surface area contributed by atoms with Gasteiger partial charge in [0.15, 0.2) is 0 Å². The van der Waals surface area contributed by atoms with Crippen LogP contribution < -0.4 is 5.32 Å². The Labute approximate surface area is 109 Å². The van der Waals surface area contributed by atoms with Crippen molar-refractivity contribution in [1.29, 1.82) is 0 Å². The Bertz CT molecular complexity index is 452. The van der Waals surface area contributed by atoms with Gasteiger partial charge in [0.25, 0.3) is 5.91 Å². The quantitative estimate of drug-likeness (QED) is 0.864. The van der Waals surface area contributed by atoms with Crippen molar-refractivity contribution in [2.75, 3.05) is 6.54 Å². The summed E-state index contributed by atoms with van der Waals surface area (Å²) >= 11 is 0. The normalized spacial score (nSPS) is 20.8. The molecular weight excluding hydrogens is 226 g/mol. The van der Waals surface area contributed by atoms with Crippen LogP contribution in [-0.4, -0.2) is 22.6 Å². The molecule has 0 spiro atoms. The van der Waals surface area contributed by atoms with Crippen LogP contribution in [0, 0.1) is 30.6 Å². The lowest BCUT2D eigenvalue weighted by Gasteiger charge is -2.06. The van der Waals surface area contributed by atoms with Crippen molar-refractivity contribution in [2.24, 2.45) is 16.7 Å². The smallest absolute Gasteiger partial charge is 0.255 e. The highest BCUT2D eigenvalue weighted by atomic mass is 16.1. The third-order valence-corrected chi connectivity index (χ3v) is 5.14. The molecule has 1 aromatic heterocycles. The number of hydrogen-bond acceptors (Lipinski definition) is 2. The molecule has 1 saturated carbocycles. The molecule has 18 heavy (non-hydrogen) atoms. The lowest BCUT2D eigenvalue weighted by molar-refractivity contribution is 0.0948. The van der Waals surface area contributed by atoms with Gasteiger partial charge in [-0.1, -0.05) is 27.7 Å². The minimum Gasteiger partial charge on any atom is -0.352 e. The summed E-state index contributed by atoms with van der Waals surface area (Å²) in [5, 5.41) is 9.94. The highest BCUT2D eigenvalue weighted by molar-refractivity contribution is 5.96. The van der Waals surface area contributed by atoms with Crippen molar-refractivity contribution >= 4 is 5.91 Å². The summed E-state index contributed by atoms with van der Waals surface area (Å²) in [6, 6.07) is 0. The topological polar surface area (TPSA) is 57.8 Å². The first-order valence-electron chi connectivity index (χ1n) is 6.49. The average Bonchev–Trinajstić information content (AvgIpc) is 2.54. The number of nitrogens with zero attached hydrogens (tertiary/aromatic N) is 1. The van der Waals surface area contributed by atoms with Gasteiger partial charge in [0.2, 0.25) is 0 Å². The predicted molar refractivity (Wildman–Crippen MR) is 71.4 cm³/mol. The summed E-state index contributed by atoms with van der Waals surface area (Å²) < 4.78 is 0. The first kappa shape index (κ1) is 13.1. The molecule has 2 N–H and O–H groups in total. The largest absolute Gasteiger partial charge is 0.352 e. The van der Waals surface area contributed by atoms with Crippen molar-refractivity contribution in [3.05, 3.63) is 17.0 Å². The Morgan fingerprint density at radius 1 is 1.28 bits per heavy atom. The van der Waals surface area contributed by atoms with Crippen molar-refractivity contribution in [3.63, 3.8) is 0 Å². The second-order valence-electron chi connectivity index (χ2n) is 6.52. The molecule has 4 heteroatoms. The van der Waals surface area contributed by atoms with Crippen molar-refractivity contribution < 1.29 is 4.79 Å². The van der Waals surface area contributed by atoms with Crippen LogP contribution >= 0.6 is 0 Å².